The zero-order valence-electron chi connectivity index (χ0n) is 16.3. The highest BCUT2D eigenvalue weighted by molar-refractivity contribution is 6.05. The maximum absolute atomic E-state index is 12.6. The number of carbonyl (C=O) groups is 2. The SMILES string of the molecule is CC(=O)Nc1ccc(NC(=O)c2cccc(Nc3ccc4ncccc4c3)c2)cc1. The molecule has 0 bridgehead atoms. The molecule has 2 amide bonds. The predicted octanol–water partition coefficient (Wildman–Crippen LogP) is 5.19. The van der Waals surface area contributed by atoms with Crippen molar-refractivity contribution < 1.29 is 9.59 Å². The van der Waals surface area contributed by atoms with Gasteiger partial charge in [0.2, 0.25) is 5.91 Å². The van der Waals surface area contributed by atoms with Crippen LogP contribution in [-0.4, -0.2) is 16.8 Å². The number of nitrogens with zero attached hydrogens (tertiary/aromatic N) is 1. The Balaban J connectivity index is 1.46. The summed E-state index contributed by atoms with van der Waals surface area (Å²) >= 11 is 0. The molecular formula is C24H20N4O2. The molecule has 30 heavy (non-hydrogen) atoms. The number of nitrogens with one attached hydrogen (secondary N) is 3. The maximum Gasteiger partial charge on any atom is 0.255 e. The summed E-state index contributed by atoms with van der Waals surface area (Å²) < 4.78 is 0. The van der Waals surface area contributed by atoms with Gasteiger partial charge < -0.3 is 16.0 Å². The third kappa shape index (κ3) is 4.62. The lowest BCUT2D eigenvalue weighted by molar-refractivity contribution is -0.114. The zero-order valence-corrected chi connectivity index (χ0v) is 16.3. The second-order valence-electron chi connectivity index (χ2n) is 6.83. The van der Waals surface area contributed by atoms with Crippen LogP contribution in [-0.2, 0) is 4.79 Å². The average Bonchev–Trinajstić information content (AvgIpc) is 2.75. The van der Waals surface area contributed by atoms with E-state index < -0.39 is 0 Å². The summed E-state index contributed by atoms with van der Waals surface area (Å²) in [7, 11) is 0. The molecule has 4 aromatic rings. The number of pyridine rings is 1. The van der Waals surface area contributed by atoms with Crippen molar-refractivity contribution >= 4 is 45.5 Å². The normalized spacial score (nSPS) is 10.4. The molecule has 0 aliphatic rings. The summed E-state index contributed by atoms with van der Waals surface area (Å²) in [6, 6.07) is 24.1. The first-order valence-electron chi connectivity index (χ1n) is 9.48. The summed E-state index contributed by atoms with van der Waals surface area (Å²) in [5, 5.41) is 9.93. The first-order chi connectivity index (χ1) is 14.6. The quantitative estimate of drug-likeness (QED) is 0.434. The van der Waals surface area contributed by atoms with Crippen molar-refractivity contribution in [3.05, 3.63) is 90.6 Å². The number of hydrogen-bond donors (Lipinski definition) is 3. The van der Waals surface area contributed by atoms with Gasteiger partial charge in [0.15, 0.2) is 0 Å². The summed E-state index contributed by atoms with van der Waals surface area (Å²) in [4.78, 5) is 28.1. The van der Waals surface area contributed by atoms with E-state index in [1.807, 2.05) is 42.5 Å². The van der Waals surface area contributed by atoms with Crippen LogP contribution in [0.15, 0.2) is 85.1 Å². The highest BCUT2D eigenvalue weighted by Crippen LogP contribution is 2.22. The van der Waals surface area contributed by atoms with Crippen molar-refractivity contribution in [2.45, 2.75) is 6.92 Å². The minimum absolute atomic E-state index is 0.140. The van der Waals surface area contributed by atoms with Crippen molar-refractivity contribution in [3.8, 4) is 0 Å². The number of amides is 2. The predicted molar refractivity (Wildman–Crippen MR) is 120 cm³/mol. The van der Waals surface area contributed by atoms with E-state index in [2.05, 4.69) is 20.9 Å². The van der Waals surface area contributed by atoms with E-state index in [4.69, 9.17) is 0 Å². The molecule has 6 nitrogen and oxygen atoms in total. The molecule has 0 aliphatic carbocycles. The van der Waals surface area contributed by atoms with Crippen LogP contribution < -0.4 is 16.0 Å². The van der Waals surface area contributed by atoms with Gasteiger partial charge in [-0.25, -0.2) is 0 Å². The Labute approximate surface area is 174 Å². The number of benzene rings is 3. The third-order valence-corrected chi connectivity index (χ3v) is 4.48. The Bertz CT molecular complexity index is 1220. The molecule has 1 aromatic heterocycles. The number of aromatic nitrogens is 1. The van der Waals surface area contributed by atoms with Crippen LogP contribution >= 0.6 is 0 Å². The van der Waals surface area contributed by atoms with Crippen molar-refractivity contribution in [2.24, 2.45) is 0 Å². The van der Waals surface area contributed by atoms with Crippen LogP contribution in [0.25, 0.3) is 10.9 Å². The van der Waals surface area contributed by atoms with Crippen molar-refractivity contribution in [3.63, 3.8) is 0 Å². The fraction of sp³-hybridized carbons (Fsp3) is 0.0417. The van der Waals surface area contributed by atoms with Crippen LogP contribution in [0.5, 0.6) is 0 Å². The second kappa shape index (κ2) is 8.45. The number of anilines is 4. The monoisotopic (exact) mass is 396 g/mol. The van der Waals surface area contributed by atoms with Gasteiger partial charge in [0.1, 0.15) is 0 Å². The molecule has 3 aromatic carbocycles. The van der Waals surface area contributed by atoms with Gasteiger partial charge in [-0.05, 0) is 66.7 Å². The lowest BCUT2D eigenvalue weighted by Crippen LogP contribution is -2.12. The molecule has 0 saturated carbocycles. The van der Waals surface area contributed by atoms with Crippen molar-refractivity contribution in [1.29, 1.82) is 0 Å². The topological polar surface area (TPSA) is 83.1 Å². The molecule has 3 N–H and O–H groups in total. The largest absolute Gasteiger partial charge is 0.355 e. The minimum atomic E-state index is -0.214. The smallest absolute Gasteiger partial charge is 0.255 e. The Kier molecular flexibility index (Phi) is 5.39. The van der Waals surface area contributed by atoms with E-state index in [0.717, 1.165) is 22.3 Å². The molecule has 1 heterocycles. The Hall–Kier alpha value is -4.19. The maximum atomic E-state index is 12.6. The fourth-order valence-corrected chi connectivity index (χ4v) is 3.10. The average molecular weight is 396 g/mol. The third-order valence-electron chi connectivity index (χ3n) is 4.48. The Morgan fingerprint density at radius 3 is 2.20 bits per heavy atom. The molecule has 148 valence electrons. The van der Waals surface area contributed by atoms with Crippen LogP contribution in [0.3, 0.4) is 0 Å². The van der Waals surface area contributed by atoms with Gasteiger partial charge in [0.05, 0.1) is 5.52 Å². The van der Waals surface area contributed by atoms with Gasteiger partial charge in [-0.2, -0.15) is 0 Å². The van der Waals surface area contributed by atoms with Crippen LogP contribution in [0.1, 0.15) is 17.3 Å². The van der Waals surface area contributed by atoms with Gasteiger partial charge in [0, 0.05) is 46.8 Å². The molecule has 0 fully saturated rings. The minimum Gasteiger partial charge on any atom is -0.355 e. The molecule has 0 saturated heterocycles. The molecule has 6 heteroatoms. The summed E-state index contributed by atoms with van der Waals surface area (Å²) in [6.07, 6.45) is 1.77. The van der Waals surface area contributed by atoms with Crippen LogP contribution in [0, 0.1) is 0 Å². The van der Waals surface area contributed by atoms with E-state index in [1.165, 1.54) is 6.92 Å². The number of rotatable bonds is 5. The van der Waals surface area contributed by atoms with Gasteiger partial charge in [-0.1, -0.05) is 12.1 Å². The van der Waals surface area contributed by atoms with E-state index in [9.17, 15) is 9.59 Å². The lowest BCUT2D eigenvalue weighted by Gasteiger charge is -2.10. The van der Waals surface area contributed by atoms with E-state index in [0.29, 0.717) is 16.9 Å². The standard InChI is InChI=1S/C24H20N4O2/c1-16(29)26-19-7-9-20(10-8-19)28-24(30)18-4-2-6-21(15-18)27-22-11-12-23-17(14-22)5-3-13-25-23/h2-15,27H,1H3,(H,26,29)(H,28,30). The van der Waals surface area contributed by atoms with Crippen LogP contribution in [0.4, 0.5) is 22.7 Å². The lowest BCUT2D eigenvalue weighted by atomic mass is 10.1. The highest BCUT2D eigenvalue weighted by Gasteiger charge is 2.08. The van der Waals surface area contributed by atoms with Gasteiger partial charge in [-0.3, -0.25) is 14.6 Å². The first-order valence-corrected chi connectivity index (χ1v) is 9.48. The summed E-state index contributed by atoms with van der Waals surface area (Å²) in [5.74, 6) is -0.354. The fourth-order valence-electron chi connectivity index (χ4n) is 3.10. The van der Waals surface area contributed by atoms with Crippen molar-refractivity contribution in [2.75, 3.05) is 16.0 Å². The molecule has 4 rings (SSSR count). The number of fused-ring (bicyclic) bond motifs is 1. The molecule has 0 aliphatic heterocycles. The molecule has 0 radical (unpaired) electrons. The summed E-state index contributed by atoms with van der Waals surface area (Å²) in [6.45, 7) is 1.45. The number of hydrogen-bond acceptors (Lipinski definition) is 4. The zero-order chi connectivity index (χ0) is 20.9. The highest BCUT2D eigenvalue weighted by atomic mass is 16.2. The van der Waals surface area contributed by atoms with E-state index >= 15 is 0 Å². The Morgan fingerprint density at radius 1 is 0.733 bits per heavy atom. The Morgan fingerprint density at radius 2 is 1.43 bits per heavy atom. The second-order valence-corrected chi connectivity index (χ2v) is 6.83. The molecule has 0 atom stereocenters. The van der Waals surface area contributed by atoms with E-state index in [1.54, 1.807) is 42.6 Å². The van der Waals surface area contributed by atoms with Gasteiger partial charge in [0.25, 0.3) is 5.91 Å². The number of carbonyl (C=O) groups excluding carboxylic acids is 2. The molecular weight excluding hydrogens is 376 g/mol. The molecule has 0 spiro atoms. The summed E-state index contributed by atoms with van der Waals surface area (Å²) in [5.41, 5.74) is 4.52. The van der Waals surface area contributed by atoms with E-state index in [-0.39, 0.29) is 11.8 Å². The molecule has 0 unspecified atom stereocenters. The van der Waals surface area contributed by atoms with Crippen LogP contribution in [0.2, 0.25) is 0 Å². The van der Waals surface area contributed by atoms with Gasteiger partial charge in [-0.15, -0.1) is 0 Å². The van der Waals surface area contributed by atoms with Gasteiger partial charge >= 0.3 is 0 Å². The first kappa shape index (κ1) is 19.1. The van der Waals surface area contributed by atoms with Crippen molar-refractivity contribution in [1.82, 2.24) is 4.98 Å².